The summed E-state index contributed by atoms with van der Waals surface area (Å²) in [5.41, 5.74) is 0.907. The molecule has 0 unspecified atom stereocenters. The zero-order chi connectivity index (χ0) is 18.1. The van der Waals surface area contributed by atoms with Crippen molar-refractivity contribution in [2.45, 2.75) is 57.3 Å². The SMILES string of the molecule is C=NC1=C(SCC(F)(F)CCNC)CCN(CCC2CCCCC2)C1. The summed E-state index contributed by atoms with van der Waals surface area (Å²) < 4.78 is 27.7. The predicted molar refractivity (Wildman–Crippen MR) is 105 cm³/mol. The summed E-state index contributed by atoms with van der Waals surface area (Å²) in [6.45, 7) is 6.83. The Hall–Kier alpha value is -0.460. The lowest BCUT2D eigenvalue weighted by Crippen LogP contribution is -2.33. The number of aliphatic imine (C=N–C) groups is 1. The van der Waals surface area contributed by atoms with Gasteiger partial charge in [-0.1, -0.05) is 32.1 Å². The quantitative estimate of drug-likeness (QED) is 0.569. The Balaban J connectivity index is 1.79. The lowest BCUT2D eigenvalue weighted by atomic mass is 9.87. The van der Waals surface area contributed by atoms with Crippen molar-refractivity contribution < 1.29 is 8.78 Å². The molecular weight excluding hydrogens is 340 g/mol. The summed E-state index contributed by atoms with van der Waals surface area (Å²) in [6, 6.07) is 0. The van der Waals surface area contributed by atoms with Gasteiger partial charge in [0.2, 0.25) is 0 Å². The summed E-state index contributed by atoms with van der Waals surface area (Å²) in [4.78, 5) is 7.57. The largest absolute Gasteiger partial charge is 0.320 e. The fraction of sp³-hybridized carbons (Fsp3) is 0.842. The van der Waals surface area contributed by atoms with Crippen LogP contribution in [-0.2, 0) is 0 Å². The fourth-order valence-electron chi connectivity index (χ4n) is 3.68. The third-order valence-corrected chi connectivity index (χ3v) is 6.67. The van der Waals surface area contributed by atoms with Gasteiger partial charge in [-0.3, -0.25) is 9.89 Å². The molecule has 144 valence electrons. The van der Waals surface area contributed by atoms with E-state index in [1.807, 2.05) is 0 Å². The molecule has 0 bridgehead atoms. The van der Waals surface area contributed by atoms with Gasteiger partial charge in [0.15, 0.2) is 0 Å². The van der Waals surface area contributed by atoms with E-state index in [1.54, 1.807) is 7.05 Å². The fourth-order valence-corrected chi connectivity index (χ4v) is 4.74. The van der Waals surface area contributed by atoms with E-state index >= 15 is 0 Å². The van der Waals surface area contributed by atoms with Gasteiger partial charge in [-0.2, -0.15) is 0 Å². The first-order chi connectivity index (χ1) is 12.0. The van der Waals surface area contributed by atoms with Crippen LogP contribution in [0.25, 0.3) is 0 Å². The molecule has 0 atom stereocenters. The number of hydrogen-bond donors (Lipinski definition) is 1. The zero-order valence-corrected chi connectivity index (χ0v) is 16.4. The molecule has 2 rings (SSSR count). The lowest BCUT2D eigenvalue weighted by molar-refractivity contribution is 0.0193. The normalized spacial score (nSPS) is 20.9. The Morgan fingerprint density at radius 2 is 2.08 bits per heavy atom. The second-order valence-electron chi connectivity index (χ2n) is 7.35. The van der Waals surface area contributed by atoms with Crippen LogP contribution >= 0.6 is 11.8 Å². The molecule has 1 aliphatic heterocycles. The Morgan fingerprint density at radius 3 is 2.76 bits per heavy atom. The van der Waals surface area contributed by atoms with Crippen LogP contribution in [-0.4, -0.2) is 56.5 Å². The summed E-state index contributed by atoms with van der Waals surface area (Å²) in [5, 5.41) is 2.79. The van der Waals surface area contributed by atoms with Crippen LogP contribution in [0.2, 0.25) is 0 Å². The van der Waals surface area contributed by atoms with Crippen LogP contribution < -0.4 is 5.32 Å². The van der Waals surface area contributed by atoms with Crippen LogP contribution in [0.3, 0.4) is 0 Å². The standard InChI is InChI=1S/C19H33F2N3S/c1-22-11-10-19(20,21)15-25-18-9-13-24(14-17(18)23-2)12-8-16-6-4-3-5-7-16/h16,22H,2-15H2,1H3. The Labute approximate surface area is 155 Å². The maximum absolute atomic E-state index is 13.9. The van der Waals surface area contributed by atoms with Gasteiger partial charge in [-0.05, 0) is 39.1 Å². The second kappa shape index (κ2) is 10.6. The van der Waals surface area contributed by atoms with E-state index in [2.05, 4.69) is 21.9 Å². The van der Waals surface area contributed by atoms with Gasteiger partial charge < -0.3 is 5.32 Å². The van der Waals surface area contributed by atoms with E-state index < -0.39 is 5.92 Å². The first-order valence-electron chi connectivity index (χ1n) is 9.60. The molecule has 25 heavy (non-hydrogen) atoms. The maximum atomic E-state index is 13.9. The first-order valence-corrected chi connectivity index (χ1v) is 10.6. The van der Waals surface area contributed by atoms with Crippen LogP contribution in [0, 0.1) is 5.92 Å². The molecule has 1 saturated carbocycles. The average Bonchev–Trinajstić information content (AvgIpc) is 2.64. The molecule has 0 saturated heterocycles. The Kier molecular flexibility index (Phi) is 8.87. The molecule has 0 aromatic rings. The molecule has 1 heterocycles. The third-order valence-electron chi connectivity index (χ3n) is 5.32. The highest BCUT2D eigenvalue weighted by atomic mass is 32.2. The third kappa shape index (κ3) is 7.35. The van der Waals surface area contributed by atoms with Gasteiger partial charge in [0, 0.05) is 31.0 Å². The minimum Gasteiger partial charge on any atom is -0.320 e. The average molecular weight is 374 g/mol. The summed E-state index contributed by atoms with van der Waals surface area (Å²) in [5.74, 6) is -1.92. The van der Waals surface area contributed by atoms with Crippen molar-refractivity contribution in [3.63, 3.8) is 0 Å². The minimum atomic E-state index is -2.63. The molecule has 0 aromatic heterocycles. The molecule has 0 aromatic carbocycles. The van der Waals surface area contributed by atoms with E-state index in [4.69, 9.17) is 0 Å². The zero-order valence-electron chi connectivity index (χ0n) is 15.5. The van der Waals surface area contributed by atoms with Gasteiger partial charge >= 0.3 is 0 Å². The number of halogens is 2. The molecule has 1 fully saturated rings. The van der Waals surface area contributed by atoms with Crippen molar-refractivity contribution in [1.29, 1.82) is 0 Å². The van der Waals surface area contributed by atoms with Crippen LogP contribution in [0.15, 0.2) is 15.6 Å². The highest BCUT2D eigenvalue weighted by Crippen LogP contribution is 2.34. The predicted octanol–water partition coefficient (Wildman–Crippen LogP) is 4.55. The molecule has 1 aliphatic carbocycles. The Morgan fingerprint density at radius 1 is 1.32 bits per heavy atom. The van der Waals surface area contributed by atoms with Crippen molar-refractivity contribution in [2.75, 3.05) is 39.0 Å². The van der Waals surface area contributed by atoms with Crippen molar-refractivity contribution in [3.05, 3.63) is 10.6 Å². The topological polar surface area (TPSA) is 27.6 Å². The number of nitrogens with one attached hydrogen (secondary N) is 1. The van der Waals surface area contributed by atoms with E-state index in [-0.39, 0.29) is 12.2 Å². The smallest absolute Gasteiger partial charge is 0.258 e. The number of hydrogen-bond acceptors (Lipinski definition) is 4. The summed E-state index contributed by atoms with van der Waals surface area (Å²) in [7, 11) is 1.70. The van der Waals surface area contributed by atoms with Gasteiger partial charge in [-0.15, -0.1) is 11.8 Å². The molecule has 1 N–H and O–H groups in total. The van der Waals surface area contributed by atoms with Crippen LogP contribution in [0.1, 0.15) is 51.4 Å². The van der Waals surface area contributed by atoms with Gasteiger partial charge in [0.25, 0.3) is 5.92 Å². The van der Waals surface area contributed by atoms with E-state index in [1.165, 1.54) is 50.3 Å². The van der Waals surface area contributed by atoms with Gasteiger partial charge in [0.1, 0.15) is 0 Å². The molecule has 0 spiro atoms. The van der Waals surface area contributed by atoms with Gasteiger partial charge in [0.05, 0.1) is 11.4 Å². The van der Waals surface area contributed by atoms with E-state index in [9.17, 15) is 8.78 Å². The van der Waals surface area contributed by atoms with E-state index in [0.29, 0.717) is 6.54 Å². The number of thioether (sulfide) groups is 1. The van der Waals surface area contributed by atoms with E-state index in [0.717, 1.165) is 42.6 Å². The maximum Gasteiger partial charge on any atom is 0.258 e. The number of nitrogens with zero attached hydrogens (tertiary/aromatic N) is 2. The second-order valence-corrected chi connectivity index (χ2v) is 8.42. The molecular formula is C19H33F2N3S. The molecule has 0 radical (unpaired) electrons. The first kappa shape index (κ1) is 20.8. The van der Waals surface area contributed by atoms with Crippen molar-refractivity contribution in [3.8, 4) is 0 Å². The molecule has 0 amide bonds. The molecule has 3 nitrogen and oxygen atoms in total. The lowest BCUT2D eigenvalue weighted by Gasteiger charge is -2.31. The Bertz CT molecular complexity index is 448. The van der Waals surface area contributed by atoms with Crippen molar-refractivity contribution in [2.24, 2.45) is 10.9 Å². The molecule has 6 heteroatoms. The highest BCUT2D eigenvalue weighted by molar-refractivity contribution is 8.03. The molecule has 2 aliphatic rings. The van der Waals surface area contributed by atoms with Crippen molar-refractivity contribution >= 4 is 18.5 Å². The monoisotopic (exact) mass is 373 g/mol. The minimum absolute atomic E-state index is 0.117. The summed E-state index contributed by atoms with van der Waals surface area (Å²) in [6.07, 6.45) is 8.87. The number of rotatable bonds is 10. The summed E-state index contributed by atoms with van der Waals surface area (Å²) >= 11 is 1.28. The van der Waals surface area contributed by atoms with Crippen molar-refractivity contribution in [1.82, 2.24) is 10.2 Å². The van der Waals surface area contributed by atoms with Crippen LogP contribution in [0.5, 0.6) is 0 Å². The van der Waals surface area contributed by atoms with Gasteiger partial charge in [-0.25, -0.2) is 8.78 Å². The highest BCUT2D eigenvalue weighted by Gasteiger charge is 2.30. The van der Waals surface area contributed by atoms with Crippen LogP contribution in [0.4, 0.5) is 8.78 Å². The number of alkyl halides is 2.